The molecule has 1 aliphatic rings. The number of phenols is 1. The third-order valence-corrected chi connectivity index (χ3v) is 4.89. The van der Waals surface area contributed by atoms with Crippen LogP contribution in [0, 0.1) is 0 Å². The summed E-state index contributed by atoms with van der Waals surface area (Å²) in [4.78, 5) is 9.36. The summed E-state index contributed by atoms with van der Waals surface area (Å²) >= 11 is 0. The SMILES string of the molecule is N[C@H]1CCCC[C@H]1Nc1nc(-c2ccccc2O)nc2ccccc12. The number of para-hydroxylation sites is 2. The van der Waals surface area contributed by atoms with Crippen LogP contribution >= 0.6 is 0 Å². The quantitative estimate of drug-likeness (QED) is 0.680. The molecule has 5 nitrogen and oxygen atoms in total. The molecule has 1 fully saturated rings. The fourth-order valence-corrected chi connectivity index (χ4v) is 3.48. The second kappa shape index (κ2) is 6.69. The molecule has 0 amide bonds. The third-order valence-electron chi connectivity index (χ3n) is 4.89. The van der Waals surface area contributed by atoms with E-state index in [1.807, 2.05) is 36.4 Å². The van der Waals surface area contributed by atoms with Crippen LogP contribution in [-0.2, 0) is 0 Å². The van der Waals surface area contributed by atoms with Gasteiger partial charge >= 0.3 is 0 Å². The van der Waals surface area contributed by atoms with E-state index < -0.39 is 0 Å². The van der Waals surface area contributed by atoms with Gasteiger partial charge in [0.15, 0.2) is 5.82 Å². The molecule has 1 aliphatic carbocycles. The van der Waals surface area contributed by atoms with E-state index >= 15 is 0 Å². The van der Waals surface area contributed by atoms with Crippen molar-refractivity contribution in [3.8, 4) is 17.1 Å². The largest absolute Gasteiger partial charge is 0.507 e. The van der Waals surface area contributed by atoms with Gasteiger partial charge in [-0.05, 0) is 37.1 Å². The predicted octanol–water partition coefficient (Wildman–Crippen LogP) is 3.68. The highest BCUT2D eigenvalue weighted by Gasteiger charge is 2.23. The molecule has 0 saturated heterocycles. The Labute approximate surface area is 146 Å². The maximum atomic E-state index is 10.2. The number of anilines is 1. The van der Waals surface area contributed by atoms with E-state index in [1.165, 1.54) is 12.8 Å². The minimum atomic E-state index is 0.135. The van der Waals surface area contributed by atoms with Gasteiger partial charge in [-0.15, -0.1) is 0 Å². The number of nitrogens with one attached hydrogen (secondary N) is 1. The van der Waals surface area contributed by atoms with Gasteiger partial charge in [0.05, 0.1) is 11.1 Å². The highest BCUT2D eigenvalue weighted by atomic mass is 16.3. The molecule has 0 aliphatic heterocycles. The van der Waals surface area contributed by atoms with Gasteiger partial charge < -0.3 is 16.2 Å². The Morgan fingerprint density at radius 2 is 1.72 bits per heavy atom. The van der Waals surface area contributed by atoms with Crippen molar-refractivity contribution in [2.75, 3.05) is 5.32 Å². The van der Waals surface area contributed by atoms with Gasteiger partial charge in [-0.25, -0.2) is 9.97 Å². The molecule has 2 atom stereocenters. The normalized spacial score (nSPS) is 20.5. The summed E-state index contributed by atoms with van der Waals surface area (Å²) in [5.41, 5.74) is 7.78. The average Bonchev–Trinajstić information content (AvgIpc) is 2.64. The monoisotopic (exact) mass is 334 g/mol. The van der Waals surface area contributed by atoms with Crippen LogP contribution in [0.15, 0.2) is 48.5 Å². The van der Waals surface area contributed by atoms with Crippen LogP contribution in [0.25, 0.3) is 22.3 Å². The van der Waals surface area contributed by atoms with Crippen LogP contribution < -0.4 is 11.1 Å². The topological polar surface area (TPSA) is 84.1 Å². The van der Waals surface area contributed by atoms with Crippen molar-refractivity contribution in [2.45, 2.75) is 37.8 Å². The lowest BCUT2D eigenvalue weighted by molar-refractivity contribution is 0.403. The molecule has 0 radical (unpaired) electrons. The number of hydrogen-bond acceptors (Lipinski definition) is 5. The fourth-order valence-electron chi connectivity index (χ4n) is 3.48. The van der Waals surface area contributed by atoms with Crippen molar-refractivity contribution >= 4 is 16.7 Å². The molecule has 25 heavy (non-hydrogen) atoms. The summed E-state index contributed by atoms with van der Waals surface area (Å²) in [5.74, 6) is 1.48. The Morgan fingerprint density at radius 1 is 0.960 bits per heavy atom. The van der Waals surface area contributed by atoms with E-state index in [1.54, 1.807) is 12.1 Å². The Morgan fingerprint density at radius 3 is 2.56 bits per heavy atom. The summed E-state index contributed by atoms with van der Waals surface area (Å²) in [6.45, 7) is 0. The van der Waals surface area contributed by atoms with E-state index in [9.17, 15) is 5.11 Å². The van der Waals surface area contributed by atoms with Crippen LogP contribution in [0.5, 0.6) is 5.75 Å². The number of nitrogens with zero attached hydrogens (tertiary/aromatic N) is 2. The van der Waals surface area contributed by atoms with Crippen molar-refractivity contribution in [3.63, 3.8) is 0 Å². The van der Waals surface area contributed by atoms with Crippen molar-refractivity contribution in [2.24, 2.45) is 5.73 Å². The number of benzene rings is 2. The second-order valence-corrected chi connectivity index (χ2v) is 6.63. The summed E-state index contributed by atoms with van der Waals surface area (Å²) in [5, 5.41) is 14.7. The molecule has 4 N–H and O–H groups in total. The zero-order chi connectivity index (χ0) is 17.2. The van der Waals surface area contributed by atoms with Crippen molar-refractivity contribution in [3.05, 3.63) is 48.5 Å². The molecule has 4 rings (SSSR count). The molecule has 1 heterocycles. The lowest BCUT2D eigenvalue weighted by atomic mass is 9.91. The summed E-state index contributed by atoms with van der Waals surface area (Å²) in [6, 6.07) is 15.4. The summed E-state index contributed by atoms with van der Waals surface area (Å²) < 4.78 is 0. The highest BCUT2D eigenvalue weighted by Crippen LogP contribution is 2.31. The third kappa shape index (κ3) is 3.15. The number of rotatable bonds is 3. The van der Waals surface area contributed by atoms with Gasteiger partial charge in [0.1, 0.15) is 11.6 Å². The number of hydrogen-bond donors (Lipinski definition) is 3. The van der Waals surface area contributed by atoms with Gasteiger partial charge in [0.25, 0.3) is 0 Å². The Balaban J connectivity index is 1.80. The van der Waals surface area contributed by atoms with Gasteiger partial charge in [-0.2, -0.15) is 0 Å². The van der Waals surface area contributed by atoms with E-state index in [2.05, 4.69) is 10.3 Å². The Hall–Kier alpha value is -2.66. The van der Waals surface area contributed by atoms with Crippen LogP contribution in [0.3, 0.4) is 0 Å². The van der Waals surface area contributed by atoms with Crippen molar-refractivity contribution in [1.29, 1.82) is 0 Å². The fraction of sp³-hybridized carbons (Fsp3) is 0.300. The van der Waals surface area contributed by atoms with E-state index in [0.717, 1.165) is 29.6 Å². The molecule has 1 saturated carbocycles. The number of fused-ring (bicyclic) bond motifs is 1. The second-order valence-electron chi connectivity index (χ2n) is 6.63. The Bertz CT molecular complexity index is 896. The Kier molecular flexibility index (Phi) is 4.24. The van der Waals surface area contributed by atoms with Gasteiger partial charge in [-0.1, -0.05) is 37.1 Å². The molecule has 128 valence electrons. The first kappa shape index (κ1) is 15.8. The van der Waals surface area contributed by atoms with Crippen molar-refractivity contribution in [1.82, 2.24) is 9.97 Å². The average molecular weight is 334 g/mol. The molecule has 5 heteroatoms. The summed E-state index contributed by atoms with van der Waals surface area (Å²) in [6.07, 6.45) is 4.45. The van der Waals surface area contributed by atoms with Crippen molar-refractivity contribution < 1.29 is 5.11 Å². The lowest BCUT2D eigenvalue weighted by Crippen LogP contribution is -2.42. The van der Waals surface area contributed by atoms with Crippen LogP contribution in [0.4, 0.5) is 5.82 Å². The molecule has 1 aromatic heterocycles. The van der Waals surface area contributed by atoms with Crippen LogP contribution in [0.2, 0.25) is 0 Å². The first-order valence-electron chi connectivity index (χ1n) is 8.79. The number of nitrogens with two attached hydrogens (primary N) is 1. The van der Waals surface area contributed by atoms with E-state index in [-0.39, 0.29) is 17.8 Å². The van der Waals surface area contributed by atoms with E-state index in [4.69, 9.17) is 10.7 Å². The van der Waals surface area contributed by atoms with E-state index in [0.29, 0.717) is 11.4 Å². The minimum absolute atomic E-state index is 0.135. The summed E-state index contributed by atoms with van der Waals surface area (Å²) in [7, 11) is 0. The maximum Gasteiger partial charge on any atom is 0.165 e. The number of aromatic hydroxyl groups is 1. The molecular weight excluding hydrogens is 312 g/mol. The molecule has 3 aromatic rings. The van der Waals surface area contributed by atoms with Crippen LogP contribution in [0.1, 0.15) is 25.7 Å². The lowest BCUT2D eigenvalue weighted by Gasteiger charge is -2.30. The first-order valence-corrected chi connectivity index (χ1v) is 8.79. The number of aromatic nitrogens is 2. The smallest absolute Gasteiger partial charge is 0.165 e. The number of phenolic OH excluding ortho intramolecular Hbond substituents is 1. The highest BCUT2D eigenvalue weighted by molar-refractivity contribution is 5.91. The molecule has 0 unspecified atom stereocenters. The molecular formula is C20H22N4O. The van der Waals surface area contributed by atoms with Gasteiger partial charge in [0.2, 0.25) is 0 Å². The van der Waals surface area contributed by atoms with Gasteiger partial charge in [-0.3, -0.25) is 0 Å². The molecule has 0 spiro atoms. The zero-order valence-electron chi connectivity index (χ0n) is 14.0. The standard InChI is InChI=1S/C20H22N4O/c21-15-9-3-5-11-17(15)23-19-13-7-1-4-10-16(13)22-20(24-19)14-8-2-6-12-18(14)25/h1-2,4,6-8,10,12,15,17,25H,3,5,9,11,21H2,(H,22,23,24)/t15-,17+/m0/s1. The predicted molar refractivity (Wildman–Crippen MR) is 100 cm³/mol. The van der Waals surface area contributed by atoms with Crippen LogP contribution in [-0.4, -0.2) is 27.2 Å². The molecule has 2 aromatic carbocycles. The van der Waals surface area contributed by atoms with Gasteiger partial charge in [0, 0.05) is 17.5 Å². The first-order chi connectivity index (χ1) is 12.2. The zero-order valence-corrected chi connectivity index (χ0v) is 14.0. The maximum absolute atomic E-state index is 10.2. The minimum Gasteiger partial charge on any atom is -0.507 e. The molecule has 0 bridgehead atoms.